The molecule has 1 N–H and O–H groups in total. The van der Waals surface area contributed by atoms with Gasteiger partial charge in [0.05, 0.1) is 11.2 Å². The number of pyridine rings is 1. The number of esters is 1. The summed E-state index contributed by atoms with van der Waals surface area (Å²) in [4.78, 5) is 28.1. The lowest BCUT2D eigenvalue weighted by Crippen LogP contribution is -2.35. The first-order valence-corrected chi connectivity index (χ1v) is 9.44. The van der Waals surface area contributed by atoms with Crippen molar-refractivity contribution in [1.29, 1.82) is 0 Å². The number of carbonyl (C=O) groups is 2. The quantitative estimate of drug-likeness (QED) is 0.534. The van der Waals surface area contributed by atoms with Crippen molar-refractivity contribution in [2.75, 3.05) is 6.61 Å². The van der Waals surface area contributed by atoms with E-state index in [0.29, 0.717) is 11.6 Å². The fourth-order valence-electron chi connectivity index (χ4n) is 2.73. The molecule has 0 aliphatic rings. The van der Waals surface area contributed by atoms with Gasteiger partial charge >= 0.3 is 5.97 Å². The second kappa shape index (κ2) is 10.5. The number of carbonyl (C=O) groups excluding carboxylic acids is 2. The zero-order valence-corrected chi connectivity index (χ0v) is 16.3. The number of rotatable bonds is 9. The second-order valence-corrected chi connectivity index (χ2v) is 7.16. The van der Waals surface area contributed by atoms with E-state index in [2.05, 4.69) is 24.1 Å². The van der Waals surface area contributed by atoms with Crippen molar-refractivity contribution in [3.8, 4) is 0 Å². The van der Waals surface area contributed by atoms with Crippen LogP contribution in [0.5, 0.6) is 0 Å². The summed E-state index contributed by atoms with van der Waals surface area (Å²) in [6.45, 7) is 6.06. The SMILES string of the molecule is CC(C)CCC[C@H](C)NC(=O)COC(=O)/C=C/c1ccc2ccccc2n1. The van der Waals surface area contributed by atoms with Gasteiger partial charge in [0.2, 0.25) is 0 Å². The lowest BCUT2D eigenvalue weighted by Gasteiger charge is -2.14. The first-order valence-electron chi connectivity index (χ1n) is 9.44. The molecule has 2 aromatic rings. The maximum atomic E-state index is 11.9. The van der Waals surface area contributed by atoms with E-state index in [1.165, 1.54) is 6.08 Å². The molecule has 0 saturated carbocycles. The van der Waals surface area contributed by atoms with Gasteiger partial charge in [-0.25, -0.2) is 9.78 Å². The molecule has 0 aliphatic heterocycles. The minimum absolute atomic E-state index is 0.0762. The minimum Gasteiger partial charge on any atom is -0.452 e. The number of fused-ring (bicyclic) bond motifs is 1. The van der Waals surface area contributed by atoms with Crippen LogP contribution in [0.4, 0.5) is 0 Å². The van der Waals surface area contributed by atoms with Crippen molar-refractivity contribution in [3.63, 3.8) is 0 Å². The molecule has 144 valence electrons. The molecule has 0 spiro atoms. The molecule has 1 heterocycles. The van der Waals surface area contributed by atoms with E-state index in [1.807, 2.05) is 43.3 Å². The largest absolute Gasteiger partial charge is 0.452 e. The molecule has 1 atom stereocenters. The zero-order chi connectivity index (χ0) is 19.6. The number of nitrogens with zero attached hydrogens (tertiary/aromatic N) is 1. The first kappa shape index (κ1) is 20.6. The zero-order valence-electron chi connectivity index (χ0n) is 16.3. The average Bonchev–Trinajstić information content (AvgIpc) is 2.64. The average molecular weight is 368 g/mol. The summed E-state index contributed by atoms with van der Waals surface area (Å²) in [5, 5.41) is 3.89. The summed E-state index contributed by atoms with van der Waals surface area (Å²) in [6.07, 6.45) is 6.01. The van der Waals surface area contributed by atoms with Gasteiger partial charge < -0.3 is 10.1 Å². The van der Waals surface area contributed by atoms with Gasteiger partial charge in [0, 0.05) is 17.5 Å². The molecule has 2 rings (SSSR count). The van der Waals surface area contributed by atoms with Gasteiger partial charge in [-0.2, -0.15) is 0 Å². The van der Waals surface area contributed by atoms with Crippen molar-refractivity contribution in [1.82, 2.24) is 10.3 Å². The molecule has 5 nitrogen and oxygen atoms in total. The van der Waals surface area contributed by atoms with Crippen LogP contribution < -0.4 is 5.32 Å². The summed E-state index contributed by atoms with van der Waals surface area (Å²) in [5.41, 5.74) is 1.52. The fourth-order valence-corrected chi connectivity index (χ4v) is 2.73. The van der Waals surface area contributed by atoms with Crippen molar-refractivity contribution in [2.45, 2.75) is 46.1 Å². The molecule has 0 bridgehead atoms. The number of hydrogen-bond donors (Lipinski definition) is 1. The summed E-state index contributed by atoms with van der Waals surface area (Å²) < 4.78 is 4.99. The molecule has 1 aromatic heterocycles. The summed E-state index contributed by atoms with van der Waals surface area (Å²) in [6, 6.07) is 11.6. The normalized spacial score (nSPS) is 12.4. The van der Waals surface area contributed by atoms with Crippen LogP contribution in [0.15, 0.2) is 42.5 Å². The third-order valence-electron chi connectivity index (χ3n) is 4.18. The number of benzene rings is 1. The highest BCUT2D eigenvalue weighted by atomic mass is 16.5. The van der Waals surface area contributed by atoms with E-state index in [9.17, 15) is 9.59 Å². The Labute approximate surface area is 160 Å². The number of para-hydroxylation sites is 1. The monoisotopic (exact) mass is 368 g/mol. The molecule has 0 fully saturated rings. The van der Waals surface area contributed by atoms with Crippen molar-refractivity contribution in [2.24, 2.45) is 5.92 Å². The summed E-state index contributed by atoms with van der Waals surface area (Å²) in [5.74, 6) is -0.178. The van der Waals surface area contributed by atoms with E-state index in [1.54, 1.807) is 6.08 Å². The predicted molar refractivity (Wildman–Crippen MR) is 108 cm³/mol. The van der Waals surface area contributed by atoms with Gasteiger partial charge in [-0.1, -0.05) is 51.0 Å². The number of nitrogens with one attached hydrogen (secondary N) is 1. The Kier molecular flexibility index (Phi) is 7.99. The van der Waals surface area contributed by atoms with E-state index >= 15 is 0 Å². The topological polar surface area (TPSA) is 68.3 Å². The van der Waals surface area contributed by atoms with Crippen molar-refractivity contribution in [3.05, 3.63) is 48.2 Å². The minimum atomic E-state index is -0.562. The first-order chi connectivity index (χ1) is 12.9. The summed E-state index contributed by atoms with van der Waals surface area (Å²) in [7, 11) is 0. The smallest absolute Gasteiger partial charge is 0.331 e. The Morgan fingerprint density at radius 3 is 2.67 bits per heavy atom. The second-order valence-electron chi connectivity index (χ2n) is 7.16. The molecule has 5 heteroatoms. The molecule has 0 unspecified atom stereocenters. The van der Waals surface area contributed by atoms with Crippen LogP contribution >= 0.6 is 0 Å². The molecular weight excluding hydrogens is 340 g/mol. The van der Waals surface area contributed by atoms with Gasteiger partial charge in [-0.3, -0.25) is 4.79 Å². The van der Waals surface area contributed by atoms with Gasteiger partial charge in [-0.15, -0.1) is 0 Å². The Hall–Kier alpha value is -2.69. The van der Waals surface area contributed by atoms with Crippen LogP contribution in [0, 0.1) is 5.92 Å². The number of ether oxygens (including phenoxy) is 1. The van der Waals surface area contributed by atoms with Crippen LogP contribution in [0.3, 0.4) is 0 Å². The summed E-state index contributed by atoms with van der Waals surface area (Å²) >= 11 is 0. The maximum Gasteiger partial charge on any atom is 0.331 e. The lowest BCUT2D eigenvalue weighted by atomic mass is 10.0. The Morgan fingerprint density at radius 1 is 1.11 bits per heavy atom. The van der Waals surface area contributed by atoms with E-state index < -0.39 is 5.97 Å². The highest BCUT2D eigenvalue weighted by molar-refractivity contribution is 5.89. The maximum absolute atomic E-state index is 11.9. The van der Waals surface area contributed by atoms with Crippen LogP contribution in [0.1, 0.15) is 45.7 Å². The van der Waals surface area contributed by atoms with Crippen molar-refractivity contribution < 1.29 is 14.3 Å². The van der Waals surface area contributed by atoms with E-state index in [0.717, 1.165) is 30.2 Å². The lowest BCUT2D eigenvalue weighted by molar-refractivity contribution is -0.144. The Morgan fingerprint density at radius 2 is 1.89 bits per heavy atom. The third-order valence-corrected chi connectivity index (χ3v) is 4.18. The molecule has 27 heavy (non-hydrogen) atoms. The van der Waals surface area contributed by atoms with E-state index in [4.69, 9.17) is 4.74 Å². The Bertz CT molecular complexity index is 799. The van der Waals surface area contributed by atoms with Gasteiger partial charge in [-0.05, 0) is 37.5 Å². The molecule has 1 aromatic carbocycles. The fraction of sp³-hybridized carbons (Fsp3) is 0.409. The van der Waals surface area contributed by atoms with Gasteiger partial charge in [0.25, 0.3) is 5.91 Å². The molecule has 0 saturated heterocycles. The van der Waals surface area contributed by atoms with Crippen LogP contribution in [0.2, 0.25) is 0 Å². The Balaban J connectivity index is 1.74. The highest BCUT2D eigenvalue weighted by Crippen LogP contribution is 2.12. The standard InChI is InChI=1S/C22H28N2O3/c1-16(2)7-6-8-17(3)23-21(25)15-27-22(26)14-13-19-12-11-18-9-4-5-10-20(18)24-19/h4-5,9-14,16-17H,6-8,15H2,1-3H3,(H,23,25)/b14-13+/t17-/m0/s1. The molecule has 0 aliphatic carbocycles. The number of hydrogen-bond acceptors (Lipinski definition) is 4. The molecule has 1 amide bonds. The number of amides is 1. The predicted octanol–water partition coefficient (Wildman–Crippen LogP) is 4.12. The third kappa shape index (κ3) is 7.60. The number of aromatic nitrogens is 1. The van der Waals surface area contributed by atoms with Gasteiger partial charge in [0.15, 0.2) is 6.61 Å². The van der Waals surface area contributed by atoms with Crippen LogP contribution in [0.25, 0.3) is 17.0 Å². The van der Waals surface area contributed by atoms with Crippen LogP contribution in [-0.4, -0.2) is 29.5 Å². The molecule has 0 radical (unpaired) electrons. The highest BCUT2D eigenvalue weighted by Gasteiger charge is 2.09. The van der Waals surface area contributed by atoms with E-state index in [-0.39, 0.29) is 18.6 Å². The van der Waals surface area contributed by atoms with Crippen LogP contribution in [-0.2, 0) is 14.3 Å². The molecular formula is C22H28N2O3. The van der Waals surface area contributed by atoms with Crippen molar-refractivity contribution >= 4 is 28.9 Å². The van der Waals surface area contributed by atoms with Gasteiger partial charge in [0.1, 0.15) is 0 Å².